The van der Waals surface area contributed by atoms with Gasteiger partial charge in [0.1, 0.15) is 16.8 Å². The maximum absolute atomic E-state index is 12.9. The first-order valence-corrected chi connectivity index (χ1v) is 5.09. The molecule has 0 N–H and O–H groups in total. The summed E-state index contributed by atoms with van der Waals surface area (Å²) in [7, 11) is 0. The van der Waals surface area contributed by atoms with Crippen LogP contribution in [0.25, 0.3) is 0 Å². The van der Waals surface area contributed by atoms with Crippen molar-refractivity contribution in [3.63, 3.8) is 0 Å². The van der Waals surface area contributed by atoms with Gasteiger partial charge in [0.15, 0.2) is 0 Å². The first-order chi connectivity index (χ1) is 8.04. The van der Waals surface area contributed by atoms with Gasteiger partial charge in [0, 0.05) is 12.1 Å². The molecule has 0 saturated carbocycles. The van der Waals surface area contributed by atoms with E-state index in [9.17, 15) is 13.6 Å². The quantitative estimate of drug-likeness (QED) is 0.773. The van der Waals surface area contributed by atoms with Gasteiger partial charge in [-0.15, -0.1) is 0 Å². The number of hydrogen-bond acceptors (Lipinski definition) is 2. The Morgan fingerprint density at radius 1 is 1.18 bits per heavy atom. The SMILES string of the molecule is O=c1cc(Cl)ncn1Cc1cc(F)cc(F)c1. The molecule has 0 atom stereocenters. The molecule has 0 bridgehead atoms. The predicted molar refractivity (Wildman–Crippen MR) is 59.0 cm³/mol. The molecule has 1 heterocycles. The molecule has 0 spiro atoms. The van der Waals surface area contributed by atoms with Crippen molar-refractivity contribution in [2.24, 2.45) is 0 Å². The lowest BCUT2D eigenvalue weighted by Crippen LogP contribution is -2.20. The number of hydrogen-bond donors (Lipinski definition) is 0. The van der Waals surface area contributed by atoms with Crippen molar-refractivity contribution in [3.05, 3.63) is 63.3 Å². The minimum Gasteiger partial charge on any atom is -0.295 e. The Bertz CT molecular complexity index is 592. The van der Waals surface area contributed by atoms with Crippen LogP contribution in [0.5, 0.6) is 0 Å². The highest BCUT2D eigenvalue weighted by Crippen LogP contribution is 2.09. The number of rotatable bonds is 2. The van der Waals surface area contributed by atoms with Crippen LogP contribution in [-0.4, -0.2) is 9.55 Å². The first kappa shape index (κ1) is 11.7. The molecule has 0 aliphatic carbocycles. The van der Waals surface area contributed by atoms with Crippen molar-refractivity contribution in [3.8, 4) is 0 Å². The Hall–Kier alpha value is -1.75. The van der Waals surface area contributed by atoms with Gasteiger partial charge in [-0.05, 0) is 17.7 Å². The minimum atomic E-state index is -0.685. The summed E-state index contributed by atoms with van der Waals surface area (Å²) in [5.74, 6) is -1.37. The number of nitrogens with zero attached hydrogens (tertiary/aromatic N) is 2. The van der Waals surface area contributed by atoms with Gasteiger partial charge in [0.2, 0.25) is 0 Å². The molecule has 6 heteroatoms. The molecule has 2 rings (SSSR count). The zero-order chi connectivity index (χ0) is 12.4. The molecule has 0 fully saturated rings. The summed E-state index contributed by atoms with van der Waals surface area (Å²) < 4.78 is 27.1. The number of benzene rings is 1. The van der Waals surface area contributed by atoms with E-state index in [1.807, 2.05) is 0 Å². The van der Waals surface area contributed by atoms with Crippen molar-refractivity contribution >= 4 is 11.6 Å². The van der Waals surface area contributed by atoms with E-state index in [0.717, 1.165) is 24.3 Å². The lowest BCUT2D eigenvalue weighted by atomic mass is 10.2. The van der Waals surface area contributed by atoms with Crippen molar-refractivity contribution in [1.82, 2.24) is 9.55 Å². The van der Waals surface area contributed by atoms with Crippen LogP contribution in [0.1, 0.15) is 5.56 Å². The first-order valence-electron chi connectivity index (χ1n) is 4.71. The Balaban J connectivity index is 2.34. The molecular weight excluding hydrogens is 250 g/mol. The van der Waals surface area contributed by atoms with Gasteiger partial charge in [0.05, 0.1) is 12.9 Å². The van der Waals surface area contributed by atoms with E-state index in [1.54, 1.807) is 0 Å². The van der Waals surface area contributed by atoms with E-state index in [1.165, 1.54) is 10.9 Å². The molecule has 0 amide bonds. The molecule has 17 heavy (non-hydrogen) atoms. The summed E-state index contributed by atoms with van der Waals surface area (Å²) in [5, 5.41) is 0.0803. The summed E-state index contributed by atoms with van der Waals surface area (Å²) in [4.78, 5) is 15.2. The molecule has 0 saturated heterocycles. The average Bonchev–Trinajstić information content (AvgIpc) is 2.21. The fraction of sp³-hybridized carbons (Fsp3) is 0.0909. The lowest BCUT2D eigenvalue weighted by Gasteiger charge is -2.05. The van der Waals surface area contributed by atoms with E-state index in [2.05, 4.69) is 4.98 Å². The highest BCUT2D eigenvalue weighted by Gasteiger charge is 2.03. The van der Waals surface area contributed by atoms with Gasteiger partial charge in [-0.2, -0.15) is 0 Å². The molecule has 0 unspecified atom stereocenters. The van der Waals surface area contributed by atoms with Gasteiger partial charge < -0.3 is 0 Å². The van der Waals surface area contributed by atoms with Crippen LogP contribution >= 0.6 is 11.6 Å². The minimum absolute atomic E-state index is 0.0394. The summed E-state index contributed by atoms with van der Waals surface area (Å²) in [6, 6.07) is 4.22. The van der Waals surface area contributed by atoms with Crippen LogP contribution in [0.15, 0.2) is 35.4 Å². The third-order valence-electron chi connectivity index (χ3n) is 2.12. The average molecular weight is 257 g/mol. The molecule has 3 nitrogen and oxygen atoms in total. The molecule has 0 aliphatic heterocycles. The van der Waals surface area contributed by atoms with Crippen LogP contribution < -0.4 is 5.56 Å². The second kappa shape index (κ2) is 4.63. The topological polar surface area (TPSA) is 34.9 Å². The second-order valence-electron chi connectivity index (χ2n) is 3.46. The Kier molecular flexibility index (Phi) is 3.19. The normalized spacial score (nSPS) is 10.5. The molecule has 0 aliphatic rings. The molecule has 88 valence electrons. The summed E-state index contributed by atoms with van der Waals surface area (Å²) >= 11 is 5.53. The fourth-order valence-corrected chi connectivity index (χ4v) is 1.56. The molecule has 1 aromatic carbocycles. The summed E-state index contributed by atoms with van der Waals surface area (Å²) in [5.41, 5.74) is -0.0385. The summed E-state index contributed by atoms with van der Waals surface area (Å²) in [6.07, 6.45) is 1.23. The highest BCUT2D eigenvalue weighted by atomic mass is 35.5. The van der Waals surface area contributed by atoms with Gasteiger partial charge in [-0.1, -0.05) is 11.6 Å². The lowest BCUT2D eigenvalue weighted by molar-refractivity contribution is 0.576. The van der Waals surface area contributed by atoms with Crippen LogP contribution in [0.2, 0.25) is 5.15 Å². The number of halogens is 3. The Labute approximate surface area is 100 Å². The molecule has 2 aromatic rings. The van der Waals surface area contributed by atoms with E-state index in [4.69, 9.17) is 11.6 Å². The highest BCUT2D eigenvalue weighted by molar-refractivity contribution is 6.29. The van der Waals surface area contributed by atoms with E-state index < -0.39 is 11.6 Å². The van der Waals surface area contributed by atoms with E-state index >= 15 is 0 Å². The smallest absolute Gasteiger partial charge is 0.255 e. The largest absolute Gasteiger partial charge is 0.295 e. The van der Waals surface area contributed by atoms with Gasteiger partial charge in [0.25, 0.3) is 5.56 Å². The molecule has 0 radical (unpaired) electrons. The van der Waals surface area contributed by atoms with Crippen LogP contribution in [-0.2, 0) is 6.54 Å². The standard InChI is InChI=1S/C11H7ClF2N2O/c12-10-4-11(17)16(6-15-10)5-7-1-8(13)3-9(14)2-7/h1-4,6H,5H2. The van der Waals surface area contributed by atoms with Crippen LogP contribution in [0, 0.1) is 11.6 Å². The number of aromatic nitrogens is 2. The zero-order valence-corrected chi connectivity index (χ0v) is 9.29. The van der Waals surface area contributed by atoms with Crippen LogP contribution in [0.3, 0.4) is 0 Å². The van der Waals surface area contributed by atoms with E-state index in [0.29, 0.717) is 5.56 Å². The van der Waals surface area contributed by atoms with Crippen LogP contribution in [0.4, 0.5) is 8.78 Å². The van der Waals surface area contributed by atoms with Gasteiger partial charge in [-0.25, -0.2) is 13.8 Å². The van der Waals surface area contributed by atoms with Crippen molar-refractivity contribution in [2.45, 2.75) is 6.54 Å². The maximum atomic E-state index is 12.9. The second-order valence-corrected chi connectivity index (χ2v) is 3.84. The third kappa shape index (κ3) is 2.88. The summed E-state index contributed by atoms with van der Waals surface area (Å²) in [6.45, 7) is 0.0394. The van der Waals surface area contributed by atoms with Crippen molar-refractivity contribution < 1.29 is 8.78 Å². The van der Waals surface area contributed by atoms with Gasteiger partial charge in [-0.3, -0.25) is 9.36 Å². The Morgan fingerprint density at radius 3 is 2.41 bits per heavy atom. The maximum Gasteiger partial charge on any atom is 0.255 e. The molecule has 1 aromatic heterocycles. The third-order valence-corrected chi connectivity index (χ3v) is 2.33. The predicted octanol–water partition coefficient (Wildman–Crippen LogP) is 2.22. The monoisotopic (exact) mass is 256 g/mol. The molecular formula is C11H7ClF2N2O. The van der Waals surface area contributed by atoms with Crippen molar-refractivity contribution in [1.29, 1.82) is 0 Å². The van der Waals surface area contributed by atoms with E-state index in [-0.39, 0.29) is 17.3 Å². The van der Waals surface area contributed by atoms with Crippen molar-refractivity contribution in [2.75, 3.05) is 0 Å². The fourth-order valence-electron chi connectivity index (χ4n) is 1.42. The van der Waals surface area contributed by atoms with Gasteiger partial charge >= 0.3 is 0 Å². The zero-order valence-electron chi connectivity index (χ0n) is 8.53. The Morgan fingerprint density at radius 2 is 1.82 bits per heavy atom.